The number of aromatic nitrogens is 3. The summed E-state index contributed by atoms with van der Waals surface area (Å²) in [6.07, 6.45) is 2.01. The fraction of sp³-hybridized carbons (Fsp3) is 0.474. The lowest BCUT2D eigenvalue weighted by Crippen LogP contribution is -2.40. The average molecular weight is 356 g/mol. The quantitative estimate of drug-likeness (QED) is 0.700. The molecule has 0 unspecified atom stereocenters. The molecule has 1 aliphatic heterocycles. The van der Waals surface area contributed by atoms with Gasteiger partial charge in [0, 0.05) is 43.8 Å². The lowest BCUT2D eigenvalue weighted by molar-refractivity contribution is -0.0821. The van der Waals surface area contributed by atoms with E-state index in [1.807, 2.05) is 12.1 Å². The minimum atomic E-state index is -0.188. The molecule has 2 aromatic heterocycles. The zero-order valence-electron chi connectivity index (χ0n) is 15.4. The Morgan fingerprint density at radius 3 is 2.88 bits per heavy atom. The smallest absolute Gasteiger partial charge is 0.250 e. The van der Waals surface area contributed by atoms with Crippen LogP contribution in [-0.4, -0.2) is 59.6 Å². The van der Waals surface area contributed by atoms with E-state index in [9.17, 15) is 0 Å². The highest BCUT2D eigenvalue weighted by Crippen LogP contribution is 2.32. The molecule has 7 nitrogen and oxygen atoms in total. The number of benzene rings is 1. The number of morpholine rings is 1. The summed E-state index contributed by atoms with van der Waals surface area (Å²) in [5.41, 5.74) is 2.06. The second-order valence-electron chi connectivity index (χ2n) is 6.85. The number of para-hydroxylation sites is 1. The molecule has 4 rings (SSSR count). The number of fused-ring (bicyclic) bond motifs is 1. The van der Waals surface area contributed by atoms with Crippen molar-refractivity contribution < 1.29 is 13.9 Å². The Morgan fingerprint density at radius 2 is 2.08 bits per heavy atom. The van der Waals surface area contributed by atoms with Crippen molar-refractivity contribution in [1.82, 2.24) is 19.7 Å². The first-order valence-electron chi connectivity index (χ1n) is 8.90. The van der Waals surface area contributed by atoms with Gasteiger partial charge in [-0.1, -0.05) is 18.2 Å². The van der Waals surface area contributed by atoms with E-state index < -0.39 is 0 Å². The van der Waals surface area contributed by atoms with E-state index >= 15 is 0 Å². The van der Waals surface area contributed by atoms with Gasteiger partial charge in [0.1, 0.15) is 6.10 Å². The van der Waals surface area contributed by atoms with Crippen molar-refractivity contribution in [2.75, 3.05) is 33.9 Å². The summed E-state index contributed by atoms with van der Waals surface area (Å²) in [6, 6.07) is 8.21. The second kappa shape index (κ2) is 7.19. The molecule has 2 atom stereocenters. The Labute approximate surface area is 152 Å². The van der Waals surface area contributed by atoms with Crippen molar-refractivity contribution in [1.29, 1.82) is 0 Å². The van der Waals surface area contributed by atoms with Gasteiger partial charge in [0.15, 0.2) is 0 Å². The molecular weight excluding hydrogens is 332 g/mol. The molecule has 138 valence electrons. The zero-order valence-corrected chi connectivity index (χ0v) is 15.4. The van der Waals surface area contributed by atoms with E-state index in [4.69, 9.17) is 13.9 Å². The lowest BCUT2D eigenvalue weighted by Gasteiger charge is -2.32. The molecule has 1 fully saturated rings. The van der Waals surface area contributed by atoms with Crippen molar-refractivity contribution in [3.8, 4) is 11.5 Å². The predicted molar refractivity (Wildman–Crippen MR) is 97.9 cm³/mol. The SMILES string of the molecule is COCCn1cc(-c2nnc([C@H]3CN(C)C[C@@H](C)O3)o2)c2ccccc21. The van der Waals surface area contributed by atoms with Crippen LogP contribution >= 0.6 is 0 Å². The van der Waals surface area contributed by atoms with Crippen LogP contribution in [0.1, 0.15) is 18.9 Å². The van der Waals surface area contributed by atoms with Crippen molar-refractivity contribution >= 4 is 10.9 Å². The maximum Gasteiger partial charge on any atom is 0.250 e. The molecule has 1 aromatic carbocycles. The van der Waals surface area contributed by atoms with Crippen LogP contribution in [0, 0.1) is 0 Å². The van der Waals surface area contributed by atoms with Crippen molar-refractivity contribution in [2.45, 2.75) is 25.7 Å². The second-order valence-corrected chi connectivity index (χ2v) is 6.85. The molecule has 0 bridgehead atoms. The highest BCUT2D eigenvalue weighted by molar-refractivity contribution is 5.93. The van der Waals surface area contributed by atoms with Gasteiger partial charge in [-0.3, -0.25) is 0 Å². The number of likely N-dealkylation sites (N-methyl/N-ethyl adjacent to an activating group) is 1. The van der Waals surface area contributed by atoms with Gasteiger partial charge in [-0.25, -0.2) is 0 Å². The van der Waals surface area contributed by atoms with Crippen LogP contribution in [-0.2, 0) is 16.0 Å². The molecule has 0 aliphatic carbocycles. The fourth-order valence-electron chi connectivity index (χ4n) is 3.56. The normalized spacial score (nSPS) is 21.5. The van der Waals surface area contributed by atoms with Crippen LogP contribution < -0.4 is 0 Å². The lowest BCUT2D eigenvalue weighted by atomic mass is 10.2. The van der Waals surface area contributed by atoms with Crippen molar-refractivity contribution in [3.63, 3.8) is 0 Å². The summed E-state index contributed by atoms with van der Waals surface area (Å²) < 4.78 is 19.4. The molecule has 26 heavy (non-hydrogen) atoms. The van der Waals surface area contributed by atoms with Crippen LogP contribution in [0.2, 0.25) is 0 Å². The largest absolute Gasteiger partial charge is 0.418 e. The first-order valence-corrected chi connectivity index (χ1v) is 8.90. The molecule has 0 spiro atoms. The third-order valence-corrected chi connectivity index (χ3v) is 4.71. The molecule has 1 saturated heterocycles. The minimum absolute atomic E-state index is 0.144. The van der Waals surface area contributed by atoms with Crippen LogP contribution in [0.5, 0.6) is 0 Å². The number of methoxy groups -OCH3 is 1. The standard InChI is InChI=1S/C19H24N4O3/c1-13-10-22(2)12-17(25-13)19-21-20-18(26-19)15-11-23(8-9-24-3)16-7-5-4-6-14(15)16/h4-7,11,13,17H,8-10,12H2,1-3H3/t13-,17-/m1/s1. The van der Waals surface area contributed by atoms with Gasteiger partial charge in [-0.05, 0) is 20.0 Å². The Hall–Kier alpha value is -2.22. The van der Waals surface area contributed by atoms with Gasteiger partial charge >= 0.3 is 0 Å². The number of ether oxygens (including phenoxy) is 2. The third kappa shape index (κ3) is 3.25. The molecule has 3 heterocycles. The summed E-state index contributed by atoms with van der Waals surface area (Å²) in [6.45, 7) is 5.13. The van der Waals surface area contributed by atoms with E-state index in [0.29, 0.717) is 18.4 Å². The number of nitrogens with zero attached hydrogens (tertiary/aromatic N) is 4. The highest BCUT2D eigenvalue weighted by Gasteiger charge is 2.29. The van der Waals surface area contributed by atoms with Gasteiger partial charge in [0.25, 0.3) is 0 Å². The van der Waals surface area contributed by atoms with Crippen molar-refractivity contribution in [2.24, 2.45) is 0 Å². The van der Waals surface area contributed by atoms with Gasteiger partial charge < -0.3 is 23.4 Å². The van der Waals surface area contributed by atoms with Gasteiger partial charge in [0.2, 0.25) is 11.8 Å². The topological polar surface area (TPSA) is 65.5 Å². The average Bonchev–Trinajstić information content (AvgIpc) is 3.24. The first kappa shape index (κ1) is 17.2. The third-order valence-electron chi connectivity index (χ3n) is 4.71. The molecule has 3 aromatic rings. The van der Waals surface area contributed by atoms with Gasteiger partial charge in [0.05, 0.1) is 18.3 Å². The maximum atomic E-state index is 6.01. The van der Waals surface area contributed by atoms with E-state index in [2.05, 4.69) is 52.0 Å². The molecule has 0 radical (unpaired) electrons. The molecule has 7 heteroatoms. The van der Waals surface area contributed by atoms with E-state index in [-0.39, 0.29) is 12.2 Å². The molecule has 1 aliphatic rings. The van der Waals surface area contributed by atoms with E-state index in [0.717, 1.165) is 36.1 Å². The molecule has 0 saturated carbocycles. The summed E-state index contributed by atoms with van der Waals surface area (Å²) in [5, 5.41) is 9.65. The van der Waals surface area contributed by atoms with Gasteiger partial charge in [-0.15, -0.1) is 10.2 Å². The van der Waals surface area contributed by atoms with Crippen LogP contribution in [0.3, 0.4) is 0 Å². The summed E-state index contributed by atoms with van der Waals surface area (Å²) in [5.74, 6) is 1.06. The van der Waals surface area contributed by atoms with Crippen molar-refractivity contribution in [3.05, 3.63) is 36.4 Å². The maximum absolute atomic E-state index is 6.01. The Kier molecular flexibility index (Phi) is 4.76. The molecule has 0 N–H and O–H groups in total. The number of hydrogen-bond acceptors (Lipinski definition) is 6. The van der Waals surface area contributed by atoms with E-state index in [1.165, 1.54) is 0 Å². The Bertz CT molecular complexity index is 878. The van der Waals surface area contributed by atoms with E-state index in [1.54, 1.807) is 7.11 Å². The van der Waals surface area contributed by atoms with Gasteiger partial charge in [-0.2, -0.15) is 0 Å². The number of rotatable bonds is 5. The Morgan fingerprint density at radius 1 is 1.23 bits per heavy atom. The highest BCUT2D eigenvalue weighted by atomic mass is 16.5. The predicted octanol–water partition coefficient (Wildman–Crippen LogP) is 2.73. The zero-order chi connectivity index (χ0) is 18.1. The number of hydrogen-bond donors (Lipinski definition) is 0. The monoisotopic (exact) mass is 356 g/mol. The fourth-order valence-corrected chi connectivity index (χ4v) is 3.56. The van der Waals surface area contributed by atoms with Crippen LogP contribution in [0.25, 0.3) is 22.4 Å². The molecule has 0 amide bonds. The first-order chi connectivity index (χ1) is 12.7. The molecular formula is C19H24N4O3. The Balaban J connectivity index is 1.67. The summed E-state index contributed by atoms with van der Waals surface area (Å²) in [4.78, 5) is 2.22. The van der Waals surface area contributed by atoms with Crippen LogP contribution in [0.15, 0.2) is 34.9 Å². The minimum Gasteiger partial charge on any atom is -0.418 e. The summed E-state index contributed by atoms with van der Waals surface area (Å²) >= 11 is 0. The summed E-state index contributed by atoms with van der Waals surface area (Å²) in [7, 11) is 3.78. The van der Waals surface area contributed by atoms with Crippen LogP contribution in [0.4, 0.5) is 0 Å².